The van der Waals surface area contributed by atoms with Crippen molar-refractivity contribution in [2.75, 3.05) is 5.32 Å². The zero-order valence-corrected chi connectivity index (χ0v) is 12.9. The van der Waals surface area contributed by atoms with Crippen molar-refractivity contribution >= 4 is 22.7 Å². The number of nitrogens with one attached hydrogen (secondary N) is 2. The van der Waals surface area contributed by atoms with E-state index in [4.69, 9.17) is 4.42 Å². The van der Waals surface area contributed by atoms with Crippen LogP contribution in [0, 0.1) is 6.92 Å². The van der Waals surface area contributed by atoms with Gasteiger partial charge in [-0.2, -0.15) is 5.10 Å². The summed E-state index contributed by atoms with van der Waals surface area (Å²) in [6, 6.07) is 13.1. The molecule has 6 heteroatoms. The summed E-state index contributed by atoms with van der Waals surface area (Å²) in [5, 5.41) is 10.7. The fourth-order valence-electron chi connectivity index (χ4n) is 2.63. The van der Waals surface area contributed by atoms with Crippen molar-refractivity contribution in [2.24, 2.45) is 0 Å². The lowest BCUT2D eigenvalue weighted by Gasteiger charge is -1.99. The first-order valence-electron chi connectivity index (χ1n) is 7.47. The summed E-state index contributed by atoms with van der Waals surface area (Å²) >= 11 is 0. The van der Waals surface area contributed by atoms with Gasteiger partial charge < -0.3 is 9.73 Å². The molecule has 6 nitrogen and oxygen atoms in total. The largest absolute Gasteiger partial charge is 0.451 e. The number of H-pyrrole nitrogens is 1. The van der Waals surface area contributed by atoms with Gasteiger partial charge in [-0.3, -0.25) is 14.9 Å². The van der Waals surface area contributed by atoms with Crippen LogP contribution in [0.15, 0.2) is 59.3 Å². The molecule has 4 rings (SSSR count). The van der Waals surface area contributed by atoms with Crippen molar-refractivity contribution < 1.29 is 9.21 Å². The highest BCUT2D eigenvalue weighted by Crippen LogP contribution is 2.26. The average molecular weight is 318 g/mol. The summed E-state index contributed by atoms with van der Waals surface area (Å²) in [6.45, 7) is 1.87. The lowest BCUT2D eigenvalue weighted by molar-refractivity contribution is 0.0997. The molecule has 0 atom stereocenters. The van der Waals surface area contributed by atoms with E-state index in [2.05, 4.69) is 20.5 Å². The van der Waals surface area contributed by atoms with Gasteiger partial charge in [0, 0.05) is 35.0 Å². The maximum absolute atomic E-state index is 12.5. The van der Waals surface area contributed by atoms with Gasteiger partial charge in [-0.05, 0) is 25.1 Å². The fourth-order valence-corrected chi connectivity index (χ4v) is 2.63. The van der Waals surface area contributed by atoms with Gasteiger partial charge in [0.1, 0.15) is 5.58 Å². The lowest BCUT2D eigenvalue weighted by Crippen LogP contribution is -2.12. The van der Waals surface area contributed by atoms with E-state index in [1.165, 1.54) is 0 Å². The second-order valence-electron chi connectivity index (χ2n) is 5.41. The Kier molecular flexibility index (Phi) is 3.35. The maximum atomic E-state index is 12.5. The number of carbonyl (C=O) groups excluding carboxylic acids is 1. The molecule has 3 heterocycles. The van der Waals surface area contributed by atoms with Crippen molar-refractivity contribution in [3.63, 3.8) is 0 Å². The number of fused-ring (bicyclic) bond motifs is 1. The van der Waals surface area contributed by atoms with E-state index in [0.717, 1.165) is 22.2 Å². The van der Waals surface area contributed by atoms with Crippen molar-refractivity contribution in [1.29, 1.82) is 0 Å². The molecule has 0 aliphatic carbocycles. The molecule has 0 aliphatic heterocycles. The molecule has 0 fully saturated rings. The molecular weight excluding hydrogens is 304 g/mol. The average Bonchev–Trinajstić information content (AvgIpc) is 3.21. The Balaban J connectivity index is 1.60. The first kappa shape index (κ1) is 14.2. The van der Waals surface area contributed by atoms with Gasteiger partial charge in [-0.25, -0.2) is 0 Å². The van der Waals surface area contributed by atoms with E-state index in [0.29, 0.717) is 17.2 Å². The molecule has 1 aromatic carbocycles. The number of hydrogen-bond acceptors (Lipinski definition) is 4. The third kappa shape index (κ3) is 2.44. The SMILES string of the molecule is Cc1c(C(=O)Nc2cc(-c3ccncc3)[nH]n2)oc2ccccc12. The van der Waals surface area contributed by atoms with Crippen LogP contribution in [0.1, 0.15) is 16.1 Å². The Bertz CT molecular complexity index is 1020. The number of nitrogens with zero attached hydrogens (tertiary/aromatic N) is 2. The second kappa shape index (κ2) is 5.66. The first-order chi connectivity index (χ1) is 11.7. The van der Waals surface area contributed by atoms with Crippen molar-refractivity contribution in [3.8, 4) is 11.3 Å². The van der Waals surface area contributed by atoms with Crippen LogP contribution in [-0.2, 0) is 0 Å². The lowest BCUT2D eigenvalue weighted by atomic mass is 10.1. The number of aryl methyl sites for hydroxylation is 1. The van der Waals surface area contributed by atoms with Crippen molar-refractivity contribution in [2.45, 2.75) is 6.92 Å². The van der Waals surface area contributed by atoms with Crippen LogP contribution in [-0.4, -0.2) is 21.1 Å². The number of carbonyl (C=O) groups is 1. The standard InChI is InChI=1S/C18H14N4O2/c1-11-13-4-2-3-5-15(13)24-17(11)18(23)20-16-10-14(21-22-16)12-6-8-19-9-7-12/h2-10H,1H3,(H2,20,21,22,23). The minimum absolute atomic E-state index is 0.296. The molecule has 0 aliphatic rings. The number of hydrogen-bond donors (Lipinski definition) is 2. The van der Waals surface area contributed by atoms with Crippen LogP contribution in [0.2, 0.25) is 0 Å². The maximum Gasteiger partial charge on any atom is 0.292 e. The predicted octanol–water partition coefficient (Wildman–Crippen LogP) is 3.78. The van der Waals surface area contributed by atoms with Gasteiger partial charge in [-0.1, -0.05) is 18.2 Å². The van der Waals surface area contributed by atoms with Crippen LogP contribution in [0.5, 0.6) is 0 Å². The summed E-state index contributed by atoms with van der Waals surface area (Å²) in [6.07, 6.45) is 3.40. The molecule has 0 saturated carbocycles. The zero-order chi connectivity index (χ0) is 16.5. The second-order valence-corrected chi connectivity index (χ2v) is 5.41. The third-order valence-electron chi connectivity index (χ3n) is 3.86. The van der Waals surface area contributed by atoms with Crippen LogP contribution < -0.4 is 5.32 Å². The smallest absolute Gasteiger partial charge is 0.292 e. The predicted molar refractivity (Wildman–Crippen MR) is 90.7 cm³/mol. The topological polar surface area (TPSA) is 83.8 Å². The van der Waals surface area contributed by atoms with Gasteiger partial charge in [0.2, 0.25) is 0 Å². The highest BCUT2D eigenvalue weighted by Gasteiger charge is 2.18. The molecule has 24 heavy (non-hydrogen) atoms. The summed E-state index contributed by atoms with van der Waals surface area (Å²) in [4.78, 5) is 16.5. The van der Waals surface area contributed by atoms with E-state index in [9.17, 15) is 4.79 Å². The van der Waals surface area contributed by atoms with Crippen LogP contribution >= 0.6 is 0 Å². The number of amides is 1. The van der Waals surface area contributed by atoms with Crippen LogP contribution in [0.3, 0.4) is 0 Å². The Morgan fingerprint density at radius 2 is 1.96 bits per heavy atom. The summed E-state index contributed by atoms with van der Waals surface area (Å²) < 4.78 is 5.67. The van der Waals surface area contributed by atoms with Gasteiger partial charge in [0.05, 0.1) is 5.69 Å². The minimum atomic E-state index is -0.323. The molecule has 3 aromatic heterocycles. The molecule has 0 radical (unpaired) electrons. The van der Waals surface area contributed by atoms with Crippen LogP contribution in [0.25, 0.3) is 22.2 Å². The highest BCUT2D eigenvalue weighted by atomic mass is 16.3. The molecule has 2 N–H and O–H groups in total. The Hall–Kier alpha value is -3.41. The highest BCUT2D eigenvalue weighted by molar-refractivity contribution is 6.06. The van der Waals surface area contributed by atoms with Gasteiger partial charge in [0.25, 0.3) is 5.91 Å². The minimum Gasteiger partial charge on any atom is -0.451 e. The number of para-hydroxylation sites is 1. The molecule has 118 valence electrons. The quantitative estimate of drug-likeness (QED) is 0.602. The number of anilines is 1. The van der Waals surface area contributed by atoms with Crippen LogP contribution in [0.4, 0.5) is 5.82 Å². The molecule has 0 unspecified atom stereocenters. The van der Waals surface area contributed by atoms with E-state index < -0.39 is 0 Å². The van der Waals surface area contributed by atoms with Crippen molar-refractivity contribution in [3.05, 3.63) is 66.2 Å². The monoisotopic (exact) mass is 318 g/mol. The number of furan rings is 1. The molecule has 0 saturated heterocycles. The van der Waals surface area contributed by atoms with E-state index in [-0.39, 0.29) is 5.91 Å². The summed E-state index contributed by atoms with van der Waals surface area (Å²) in [7, 11) is 0. The Labute approximate surface area is 137 Å². The number of benzene rings is 1. The van der Waals surface area contributed by atoms with Crippen molar-refractivity contribution in [1.82, 2.24) is 15.2 Å². The molecule has 4 aromatic rings. The number of aromatic amines is 1. The summed E-state index contributed by atoms with van der Waals surface area (Å²) in [5.74, 6) is 0.410. The van der Waals surface area contributed by atoms with Gasteiger partial charge in [-0.15, -0.1) is 0 Å². The number of aromatic nitrogens is 3. The first-order valence-corrected chi connectivity index (χ1v) is 7.47. The number of rotatable bonds is 3. The molecule has 1 amide bonds. The molecular formula is C18H14N4O2. The van der Waals surface area contributed by atoms with Gasteiger partial charge >= 0.3 is 0 Å². The number of pyridine rings is 1. The molecule has 0 spiro atoms. The van der Waals surface area contributed by atoms with E-state index in [1.807, 2.05) is 43.3 Å². The summed E-state index contributed by atoms with van der Waals surface area (Å²) in [5.41, 5.74) is 3.25. The van der Waals surface area contributed by atoms with E-state index >= 15 is 0 Å². The Morgan fingerprint density at radius 3 is 2.75 bits per heavy atom. The normalized spacial score (nSPS) is 10.9. The molecule has 0 bridgehead atoms. The Morgan fingerprint density at radius 1 is 1.17 bits per heavy atom. The fraction of sp³-hybridized carbons (Fsp3) is 0.0556. The van der Waals surface area contributed by atoms with Gasteiger partial charge in [0.15, 0.2) is 11.6 Å². The zero-order valence-electron chi connectivity index (χ0n) is 12.9. The van der Waals surface area contributed by atoms with E-state index in [1.54, 1.807) is 18.5 Å². The third-order valence-corrected chi connectivity index (χ3v) is 3.86.